The molecule has 2 aromatic carbocycles. The largest absolute Gasteiger partial charge is 0.493 e. The number of halogens is 3. The van der Waals surface area contributed by atoms with Crippen molar-refractivity contribution in [2.45, 2.75) is 96.3 Å². The van der Waals surface area contributed by atoms with Crippen molar-refractivity contribution >= 4 is 16.7 Å². The Morgan fingerprint density at radius 1 is 1.00 bits per heavy atom. The van der Waals surface area contributed by atoms with Crippen LogP contribution in [0.4, 0.5) is 13.2 Å². The van der Waals surface area contributed by atoms with Gasteiger partial charge < -0.3 is 4.74 Å². The van der Waals surface area contributed by atoms with Gasteiger partial charge in [-0.3, -0.25) is 10.2 Å². The van der Waals surface area contributed by atoms with Crippen molar-refractivity contribution in [3.63, 3.8) is 0 Å². The molecule has 1 heterocycles. The van der Waals surface area contributed by atoms with E-state index >= 15 is 0 Å². The van der Waals surface area contributed by atoms with E-state index in [1.54, 1.807) is 50.2 Å². The number of ether oxygens (including phenoxy) is 1. The van der Waals surface area contributed by atoms with Crippen LogP contribution in [0.25, 0.3) is 10.8 Å². The Bertz CT molecular complexity index is 959. The van der Waals surface area contributed by atoms with E-state index in [2.05, 4.69) is 12.3 Å². The monoisotopic (exact) mass is 478 g/mol. The normalized spacial score (nSPS) is 17.2. The number of nitrogens with one attached hydrogen (secondary N) is 1. The van der Waals surface area contributed by atoms with Crippen LogP contribution in [0.2, 0.25) is 0 Å². The van der Waals surface area contributed by atoms with Crippen molar-refractivity contribution < 1.29 is 22.7 Å². The van der Waals surface area contributed by atoms with E-state index in [1.807, 2.05) is 0 Å². The fraction of sp³-hybridized carbons (Fsp3) is 0.593. The van der Waals surface area contributed by atoms with Gasteiger partial charge in [-0.25, -0.2) is 0 Å². The number of carbonyl (C=O) groups excluding carboxylic acids is 1. The summed E-state index contributed by atoms with van der Waals surface area (Å²) in [5.74, 6) is -0.193. The van der Waals surface area contributed by atoms with Crippen molar-refractivity contribution in [3.05, 3.63) is 42.0 Å². The highest BCUT2D eigenvalue weighted by molar-refractivity contribution is 5.88. The average Bonchev–Trinajstić information content (AvgIpc) is 3.04. The third-order valence-electron chi connectivity index (χ3n) is 6.52. The van der Waals surface area contributed by atoms with Gasteiger partial charge in [0.05, 0.1) is 6.61 Å². The molecule has 0 aromatic heterocycles. The molecule has 1 atom stereocenters. The summed E-state index contributed by atoms with van der Waals surface area (Å²) in [5.41, 5.74) is 1.52. The van der Waals surface area contributed by atoms with Crippen LogP contribution in [0.1, 0.15) is 90.2 Å². The SMILES string of the molecule is CCCCCCCCCCOc1ccc2ccccc2c1[C@H](N1NC(=O)CC1(C)C)C(F)(F)F. The lowest BCUT2D eigenvalue weighted by Gasteiger charge is -2.38. The fourth-order valence-corrected chi connectivity index (χ4v) is 4.76. The molecule has 0 saturated carbocycles. The van der Waals surface area contributed by atoms with Gasteiger partial charge in [-0.15, -0.1) is 0 Å². The summed E-state index contributed by atoms with van der Waals surface area (Å²) in [5, 5.41) is 2.24. The lowest BCUT2D eigenvalue weighted by atomic mass is 9.93. The van der Waals surface area contributed by atoms with E-state index in [-0.39, 0.29) is 17.7 Å². The Labute approximate surface area is 200 Å². The predicted octanol–water partition coefficient (Wildman–Crippen LogP) is 7.48. The number of alkyl halides is 3. The first-order chi connectivity index (χ1) is 16.1. The number of unbranched alkanes of at least 4 members (excludes halogenated alkanes) is 7. The number of rotatable bonds is 12. The van der Waals surface area contributed by atoms with Crippen molar-refractivity contribution in [1.82, 2.24) is 10.4 Å². The second-order valence-corrected chi connectivity index (χ2v) is 9.86. The molecule has 1 aliphatic rings. The molecule has 2 aromatic rings. The zero-order valence-corrected chi connectivity index (χ0v) is 20.5. The number of hydrogen-bond donors (Lipinski definition) is 1. The summed E-state index contributed by atoms with van der Waals surface area (Å²) in [6, 6.07) is 8.43. The minimum absolute atomic E-state index is 0.00120. The Hall–Kier alpha value is -2.28. The van der Waals surface area contributed by atoms with Crippen LogP contribution < -0.4 is 10.2 Å². The van der Waals surface area contributed by atoms with Gasteiger partial charge in [0.2, 0.25) is 5.91 Å². The second-order valence-electron chi connectivity index (χ2n) is 9.86. The van der Waals surface area contributed by atoms with Crippen molar-refractivity contribution in [2.24, 2.45) is 0 Å². The number of amides is 1. The topological polar surface area (TPSA) is 41.6 Å². The molecule has 1 N–H and O–H groups in total. The molecule has 4 nitrogen and oxygen atoms in total. The van der Waals surface area contributed by atoms with Crippen LogP contribution in [0.3, 0.4) is 0 Å². The summed E-state index contributed by atoms with van der Waals surface area (Å²) < 4.78 is 49.8. The maximum atomic E-state index is 14.6. The first kappa shape index (κ1) is 26.3. The molecule has 0 bridgehead atoms. The number of hydrogen-bond acceptors (Lipinski definition) is 3. The molecule has 3 rings (SSSR count). The minimum Gasteiger partial charge on any atom is -0.493 e. The molecule has 188 valence electrons. The lowest BCUT2D eigenvalue weighted by Crippen LogP contribution is -2.51. The highest BCUT2D eigenvalue weighted by Gasteiger charge is 2.54. The van der Waals surface area contributed by atoms with Gasteiger partial charge in [0.1, 0.15) is 5.75 Å². The first-order valence-corrected chi connectivity index (χ1v) is 12.4. The van der Waals surface area contributed by atoms with Gasteiger partial charge in [-0.05, 0) is 37.1 Å². The molecular formula is C27H37F3N2O2. The summed E-state index contributed by atoms with van der Waals surface area (Å²) >= 11 is 0. The molecule has 0 radical (unpaired) electrons. The summed E-state index contributed by atoms with van der Waals surface area (Å²) in [6.45, 7) is 5.85. The third-order valence-corrected chi connectivity index (χ3v) is 6.52. The summed E-state index contributed by atoms with van der Waals surface area (Å²) in [4.78, 5) is 12.1. The lowest BCUT2D eigenvalue weighted by molar-refractivity contribution is -0.203. The van der Waals surface area contributed by atoms with Crippen LogP contribution in [0.5, 0.6) is 5.75 Å². The van der Waals surface area contributed by atoms with Crippen molar-refractivity contribution in [1.29, 1.82) is 0 Å². The minimum atomic E-state index is -4.62. The molecule has 1 amide bonds. The van der Waals surface area contributed by atoms with E-state index in [0.717, 1.165) is 24.3 Å². The molecule has 1 saturated heterocycles. The summed E-state index contributed by atoms with van der Waals surface area (Å²) in [7, 11) is 0. The highest BCUT2D eigenvalue weighted by Crippen LogP contribution is 2.48. The molecule has 0 spiro atoms. The Morgan fingerprint density at radius 3 is 2.26 bits per heavy atom. The number of carbonyl (C=O) groups is 1. The molecule has 1 fully saturated rings. The van der Waals surface area contributed by atoms with Gasteiger partial charge in [0.25, 0.3) is 0 Å². The number of hydrazine groups is 1. The van der Waals surface area contributed by atoms with Gasteiger partial charge >= 0.3 is 6.18 Å². The fourth-order valence-electron chi connectivity index (χ4n) is 4.76. The molecule has 1 aliphatic heterocycles. The van der Waals surface area contributed by atoms with E-state index in [1.165, 1.54) is 32.1 Å². The second kappa shape index (κ2) is 11.4. The van der Waals surface area contributed by atoms with E-state index < -0.39 is 23.7 Å². The molecule has 34 heavy (non-hydrogen) atoms. The Morgan fingerprint density at radius 2 is 1.65 bits per heavy atom. The van der Waals surface area contributed by atoms with E-state index in [9.17, 15) is 18.0 Å². The molecular weight excluding hydrogens is 441 g/mol. The standard InChI is InChI=1S/C27H37F3N2O2/c1-4-5-6-7-8-9-10-13-18-34-22-17-16-20-14-11-12-15-21(20)24(22)25(27(28,29)30)32-26(2,3)19-23(33)31-32/h11-12,14-17,25H,4-10,13,18-19H2,1-3H3,(H,31,33)/t25-/m0/s1. The van der Waals surface area contributed by atoms with E-state index in [4.69, 9.17) is 4.74 Å². The average molecular weight is 479 g/mol. The van der Waals surface area contributed by atoms with Crippen LogP contribution >= 0.6 is 0 Å². The van der Waals surface area contributed by atoms with Crippen molar-refractivity contribution in [2.75, 3.05) is 6.61 Å². The van der Waals surface area contributed by atoms with Crippen LogP contribution in [-0.4, -0.2) is 29.2 Å². The first-order valence-electron chi connectivity index (χ1n) is 12.4. The van der Waals surface area contributed by atoms with Gasteiger partial charge in [0.15, 0.2) is 6.04 Å². The zero-order valence-electron chi connectivity index (χ0n) is 20.5. The van der Waals surface area contributed by atoms with Gasteiger partial charge in [-0.2, -0.15) is 18.2 Å². The number of benzene rings is 2. The summed E-state index contributed by atoms with van der Waals surface area (Å²) in [6.07, 6.45) is 4.44. The molecule has 7 heteroatoms. The highest BCUT2D eigenvalue weighted by atomic mass is 19.4. The van der Waals surface area contributed by atoms with Crippen LogP contribution in [-0.2, 0) is 4.79 Å². The van der Waals surface area contributed by atoms with Crippen molar-refractivity contribution in [3.8, 4) is 5.75 Å². The Kier molecular flexibility index (Phi) is 8.85. The van der Waals surface area contributed by atoms with Crippen LogP contribution in [0, 0.1) is 0 Å². The predicted molar refractivity (Wildman–Crippen MR) is 130 cm³/mol. The zero-order chi connectivity index (χ0) is 24.8. The maximum absolute atomic E-state index is 14.6. The third kappa shape index (κ3) is 6.44. The van der Waals surface area contributed by atoms with Gasteiger partial charge in [0, 0.05) is 17.5 Å². The van der Waals surface area contributed by atoms with Crippen LogP contribution in [0.15, 0.2) is 36.4 Å². The molecule has 0 aliphatic carbocycles. The smallest absolute Gasteiger partial charge is 0.410 e. The Balaban J connectivity index is 1.83. The molecule has 0 unspecified atom stereocenters. The number of fused-ring (bicyclic) bond motifs is 1. The number of nitrogens with zero attached hydrogens (tertiary/aromatic N) is 1. The maximum Gasteiger partial charge on any atom is 0.410 e. The van der Waals surface area contributed by atoms with E-state index in [0.29, 0.717) is 17.4 Å². The quantitative estimate of drug-likeness (QED) is 0.322. The van der Waals surface area contributed by atoms with Gasteiger partial charge in [-0.1, -0.05) is 82.2 Å².